The molecule has 132 valence electrons. The minimum Gasteiger partial charge on any atom is -0.329 e. The van der Waals surface area contributed by atoms with E-state index in [4.69, 9.17) is 0 Å². The zero-order valence-electron chi connectivity index (χ0n) is 14.0. The summed E-state index contributed by atoms with van der Waals surface area (Å²) < 4.78 is 12.9. The molecule has 0 radical (unpaired) electrons. The molecule has 0 aliphatic carbocycles. The lowest BCUT2D eigenvalue weighted by atomic mass is 9.91. The van der Waals surface area contributed by atoms with E-state index in [0.717, 1.165) is 37.7 Å². The van der Waals surface area contributed by atoms with Crippen LogP contribution in [-0.2, 0) is 4.79 Å². The van der Waals surface area contributed by atoms with E-state index in [-0.39, 0.29) is 23.4 Å². The Morgan fingerprint density at radius 2 is 2.24 bits per heavy atom. The number of anilines is 1. The van der Waals surface area contributed by atoms with Crippen LogP contribution in [0.1, 0.15) is 31.2 Å². The maximum Gasteiger partial charge on any atom is 0.247 e. The highest BCUT2D eigenvalue weighted by Gasteiger charge is 2.28. The number of piperidine rings is 1. The summed E-state index contributed by atoms with van der Waals surface area (Å²) in [5.74, 6) is 0.0179. The van der Waals surface area contributed by atoms with Gasteiger partial charge in [0.25, 0.3) is 0 Å². The quantitative estimate of drug-likeness (QED) is 0.890. The predicted molar refractivity (Wildman–Crippen MR) is 92.9 cm³/mol. The lowest BCUT2D eigenvalue weighted by Gasteiger charge is -2.36. The number of H-pyrrole nitrogens is 1. The Balaban J connectivity index is 1.63. The van der Waals surface area contributed by atoms with Crippen LogP contribution in [0, 0.1) is 5.82 Å². The van der Waals surface area contributed by atoms with E-state index in [1.165, 1.54) is 18.2 Å². The van der Waals surface area contributed by atoms with Crippen molar-refractivity contribution in [2.24, 2.45) is 0 Å². The number of nitrogens with zero attached hydrogens (tertiary/aromatic N) is 2. The number of aromatic nitrogens is 2. The number of amides is 1. The van der Waals surface area contributed by atoms with Crippen LogP contribution in [0.3, 0.4) is 0 Å². The van der Waals surface area contributed by atoms with E-state index in [0.29, 0.717) is 5.82 Å². The fraction of sp³-hybridized carbons (Fsp3) is 0.389. The first kappa shape index (κ1) is 17.3. The average Bonchev–Trinajstić information content (AvgIpc) is 2.63. The van der Waals surface area contributed by atoms with Gasteiger partial charge in [-0.1, -0.05) is 6.07 Å². The molecule has 1 fully saturated rings. The van der Waals surface area contributed by atoms with Gasteiger partial charge in [-0.15, -0.1) is 0 Å². The van der Waals surface area contributed by atoms with Gasteiger partial charge < -0.3 is 10.3 Å². The molecule has 0 bridgehead atoms. The van der Waals surface area contributed by atoms with Crippen molar-refractivity contribution in [3.05, 3.63) is 58.4 Å². The largest absolute Gasteiger partial charge is 0.329 e. The highest BCUT2D eigenvalue weighted by Crippen LogP contribution is 2.27. The van der Waals surface area contributed by atoms with Gasteiger partial charge in [0.05, 0.1) is 12.2 Å². The maximum absolute atomic E-state index is 12.9. The number of nitrogens with one attached hydrogen (secondary N) is 2. The summed E-state index contributed by atoms with van der Waals surface area (Å²) in [4.78, 5) is 32.4. The van der Waals surface area contributed by atoms with Crippen molar-refractivity contribution in [3.63, 3.8) is 0 Å². The smallest absolute Gasteiger partial charge is 0.247 e. The molecule has 6 nitrogen and oxygen atoms in total. The topological polar surface area (TPSA) is 78.1 Å². The fourth-order valence-electron chi connectivity index (χ4n) is 3.15. The van der Waals surface area contributed by atoms with Crippen LogP contribution < -0.4 is 10.9 Å². The number of likely N-dealkylation sites (tertiary alicyclic amines) is 1. The van der Waals surface area contributed by atoms with Crippen LogP contribution in [-0.4, -0.2) is 39.9 Å². The molecule has 2 aromatic heterocycles. The number of aromatic amines is 1. The standard InChI is InChI=1S/C18H21FN4O2/c1-12(18(25)22-16-6-5-15(19)10-20-16)23-8-2-3-14(11-23)13-4-7-17(24)21-9-13/h4-7,9-10,12,14H,2-3,8,11H2,1H3,(H,21,24)(H,20,22,25)/t12-,14+/m0/s1. The summed E-state index contributed by atoms with van der Waals surface area (Å²) in [6.07, 6.45) is 4.84. The molecule has 0 saturated carbocycles. The van der Waals surface area contributed by atoms with Gasteiger partial charge in [0.1, 0.15) is 11.6 Å². The third-order valence-electron chi connectivity index (χ3n) is 4.64. The Hall–Kier alpha value is -2.54. The number of hydrogen-bond donors (Lipinski definition) is 2. The van der Waals surface area contributed by atoms with Gasteiger partial charge in [-0.05, 0) is 49.9 Å². The summed E-state index contributed by atoms with van der Waals surface area (Å²) in [5, 5.41) is 2.72. The molecule has 2 aromatic rings. The second-order valence-electron chi connectivity index (χ2n) is 6.35. The third-order valence-corrected chi connectivity index (χ3v) is 4.64. The molecule has 1 saturated heterocycles. The number of carbonyl (C=O) groups is 1. The zero-order chi connectivity index (χ0) is 17.8. The highest BCUT2D eigenvalue weighted by molar-refractivity contribution is 5.93. The molecule has 1 aliphatic rings. The second-order valence-corrected chi connectivity index (χ2v) is 6.35. The molecule has 25 heavy (non-hydrogen) atoms. The van der Waals surface area contributed by atoms with E-state index >= 15 is 0 Å². The minimum absolute atomic E-state index is 0.115. The Morgan fingerprint density at radius 1 is 1.40 bits per heavy atom. The Labute approximate surface area is 145 Å². The summed E-state index contributed by atoms with van der Waals surface area (Å²) in [6, 6.07) is 5.77. The van der Waals surface area contributed by atoms with Crippen molar-refractivity contribution in [1.29, 1.82) is 0 Å². The summed E-state index contributed by atoms with van der Waals surface area (Å²) in [6.45, 7) is 3.44. The van der Waals surface area contributed by atoms with E-state index in [1.54, 1.807) is 6.20 Å². The molecule has 0 aromatic carbocycles. The molecule has 3 rings (SSSR count). The Kier molecular flexibility index (Phi) is 5.23. The fourth-order valence-corrected chi connectivity index (χ4v) is 3.15. The molecule has 0 unspecified atom stereocenters. The summed E-state index contributed by atoms with van der Waals surface area (Å²) >= 11 is 0. The minimum atomic E-state index is -0.439. The SMILES string of the molecule is C[C@@H](C(=O)Nc1ccc(F)cn1)N1CCC[C@@H](c2ccc(=O)[nH]c2)C1. The summed E-state index contributed by atoms with van der Waals surface area (Å²) in [7, 11) is 0. The van der Waals surface area contributed by atoms with E-state index in [2.05, 4.69) is 20.2 Å². The van der Waals surface area contributed by atoms with Gasteiger partial charge in [0.15, 0.2) is 0 Å². The van der Waals surface area contributed by atoms with E-state index in [1.807, 2.05) is 13.0 Å². The van der Waals surface area contributed by atoms with Gasteiger partial charge in [-0.2, -0.15) is 0 Å². The normalized spacial score (nSPS) is 19.4. The van der Waals surface area contributed by atoms with Crippen molar-refractivity contribution < 1.29 is 9.18 Å². The second kappa shape index (κ2) is 7.57. The highest BCUT2D eigenvalue weighted by atomic mass is 19.1. The molecular weight excluding hydrogens is 323 g/mol. The van der Waals surface area contributed by atoms with Gasteiger partial charge in [-0.3, -0.25) is 14.5 Å². The maximum atomic E-state index is 12.9. The zero-order valence-corrected chi connectivity index (χ0v) is 14.0. The molecule has 0 spiro atoms. The third kappa shape index (κ3) is 4.30. The van der Waals surface area contributed by atoms with Crippen LogP contribution in [0.4, 0.5) is 10.2 Å². The first-order chi connectivity index (χ1) is 12.0. The predicted octanol–water partition coefficient (Wildman–Crippen LogP) is 2.12. The molecule has 1 aliphatic heterocycles. The number of halogens is 1. The van der Waals surface area contributed by atoms with Crippen molar-refractivity contribution in [2.75, 3.05) is 18.4 Å². The van der Waals surface area contributed by atoms with Gasteiger partial charge in [0.2, 0.25) is 11.5 Å². The molecule has 7 heteroatoms. The lowest BCUT2D eigenvalue weighted by Crippen LogP contribution is -2.46. The van der Waals surface area contributed by atoms with Crippen LogP contribution in [0.5, 0.6) is 0 Å². The molecule has 2 atom stereocenters. The van der Waals surface area contributed by atoms with Crippen molar-refractivity contribution >= 4 is 11.7 Å². The van der Waals surface area contributed by atoms with Crippen molar-refractivity contribution in [2.45, 2.75) is 31.7 Å². The monoisotopic (exact) mass is 344 g/mol. The van der Waals surface area contributed by atoms with Crippen LogP contribution >= 0.6 is 0 Å². The molecule has 2 N–H and O–H groups in total. The molecular formula is C18H21FN4O2. The van der Waals surface area contributed by atoms with Crippen molar-refractivity contribution in [1.82, 2.24) is 14.9 Å². The van der Waals surface area contributed by atoms with Gasteiger partial charge >= 0.3 is 0 Å². The number of hydrogen-bond acceptors (Lipinski definition) is 4. The number of carbonyl (C=O) groups excluding carboxylic acids is 1. The Bertz CT molecular complexity index is 770. The molecule has 1 amide bonds. The molecule has 3 heterocycles. The Morgan fingerprint density at radius 3 is 2.92 bits per heavy atom. The van der Waals surface area contributed by atoms with Crippen molar-refractivity contribution in [3.8, 4) is 0 Å². The van der Waals surface area contributed by atoms with E-state index in [9.17, 15) is 14.0 Å². The van der Waals surface area contributed by atoms with Crippen LogP contribution in [0.2, 0.25) is 0 Å². The summed E-state index contributed by atoms with van der Waals surface area (Å²) in [5.41, 5.74) is 0.966. The lowest BCUT2D eigenvalue weighted by molar-refractivity contribution is -0.121. The first-order valence-corrected chi connectivity index (χ1v) is 8.38. The van der Waals surface area contributed by atoms with Gasteiger partial charge in [-0.25, -0.2) is 9.37 Å². The number of pyridine rings is 2. The first-order valence-electron chi connectivity index (χ1n) is 8.38. The van der Waals surface area contributed by atoms with E-state index < -0.39 is 5.82 Å². The van der Waals surface area contributed by atoms with Crippen LogP contribution in [0.25, 0.3) is 0 Å². The average molecular weight is 344 g/mol. The number of rotatable bonds is 4. The van der Waals surface area contributed by atoms with Gasteiger partial charge in [0, 0.05) is 18.8 Å². The van der Waals surface area contributed by atoms with Crippen LogP contribution in [0.15, 0.2) is 41.5 Å².